The van der Waals surface area contributed by atoms with E-state index in [9.17, 15) is 37.5 Å². The molecular formula is C28H27ClF4N6O4S. The molecule has 2 aliphatic heterocycles. The van der Waals surface area contributed by atoms with Crippen LogP contribution in [0.3, 0.4) is 0 Å². The second-order valence-electron chi connectivity index (χ2n) is 10.5. The summed E-state index contributed by atoms with van der Waals surface area (Å²) in [5, 5.41) is 25.3. The molecule has 0 bridgehead atoms. The number of alkyl halides is 3. The number of likely N-dealkylation sites (tertiary alicyclic amines) is 1. The third-order valence-corrected chi connectivity index (χ3v) is 8.80. The first-order valence-electron chi connectivity index (χ1n) is 13.5. The van der Waals surface area contributed by atoms with Crippen LogP contribution in [0.25, 0.3) is 0 Å². The molecule has 0 radical (unpaired) electrons. The Bertz CT molecular complexity index is 1580. The van der Waals surface area contributed by atoms with E-state index in [1.54, 1.807) is 17.0 Å². The molecule has 234 valence electrons. The lowest BCUT2D eigenvalue weighted by Gasteiger charge is -2.33. The van der Waals surface area contributed by atoms with Gasteiger partial charge in [-0.3, -0.25) is 14.5 Å². The van der Waals surface area contributed by atoms with Crippen molar-refractivity contribution in [3.8, 4) is 6.07 Å². The molecule has 3 aromatic rings. The SMILES string of the molecule is CN(Cc1ccc(Cl)s1)c1c(C#N)c(C2CC(O)N(C(=O)CN3CCOCC3)C2C(F)(F)F)nn1C(=O)c1ccccc1F. The Hall–Kier alpha value is -3.55. The maximum Gasteiger partial charge on any atom is 0.409 e. The fourth-order valence-corrected chi connectivity index (χ4v) is 6.77. The highest BCUT2D eigenvalue weighted by atomic mass is 35.5. The van der Waals surface area contributed by atoms with Gasteiger partial charge < -0.3 is 19.6 Å². The normalized spacial score (nSPS) is 21.0. The van der Waals surface area contributed by atoms with Crippen LogP contribution in [0.15, 0.2) is 36.4 Å². The van der Waals surface area contributed by atoms with Gasteiger partial charge in [0.15, 0.2) is 5.82 Å². The second kappa shape index (κ2) is 12.8. The Morgan fingerprint density at radius 3 is 2.55 bits per heavy atom. The van der Waals surface area contributed by atoms with Crippen molar-refractivity contribution in [2.24, 2.45) is 0 Å². The number of carbonyl (C=O) groups excluding carboxylic acids is 2. The summed E-state index contributed by atoms with van der Waals surface area (Å²) in [7, 11) is 1.50. The van der Waals surface area contributed by atoms with Crippen LogP contribution < -0.4 is 4.90 Å². The third-order valence-electron chi connectivity index (χ3n) is 7.58. The standard InChI is InChI=1S/C28H27ClF4N6O4S/c1-36(14-16-6-7-21(29)44-16)26-19(13-34)24(35-39(26)27(42)17-4-2-3-5-20(17)30)18-12-22(40)38(25(18)28(31,32)33)23(41)15-37-8-10-43-11-9-37/h2-7,18,22,25,40H,8-12,14-15H2,1H3. The van der Waals surface area contributed by atoms with Crippen LogP contribution >= 0.6 is 22.9 Å². The van der Waals surface area contributed by atoms with Gasteiger partial charge in [-0.2, -0.15) is 28.2 Å². The minimum absolute atomic E-state index is 0.0852. The molecule has 0 saturated carbocycles. The first-order valence-corrected chi connectivity index (χ1v) is 14.7. The zero-order chi connectivity index (χ0) is 31.8. The Morgan fingerprint density at radius 2 is 1.93 bits per heavy atom. The number of ether oxygens (including phenoxy) is 1. The number of aliphatic hydroxyl groups is 1. The first kappa shape index (κ1) is 31.9. The molecular weight excluding hydrogens is 628 g/mol. The van der Waals surface area contributed by atoms with Crippen LogP contribution in [-0.2, 0) is 16.1 Å². The number of thiophene rings is 1. The van der Waals surface area contributed by atoms with E-state index < -0.39 is 59.7 Å². The largest absolute Gasteiger partial charge is 0.409 e. The molecule has 10 nitrogen and oxygen atoms in total. The topological polar surface area (TPSA) is 115 Å². The molecule has 2 fully saturated rings. The number of rotatable bonds is 7. The number of hydrogen-bond acceptors (Lipinski definition) is 9. The van der Waals surface area contributed by atoms with Gasteiger partial charge in [-0.25, -0.2) is 4.39 Å². The number of nitriles is 1. The average Bonchev–Trinajstić information content (AvgIpc) is 3.67. The molecule has 3 unspecified atom stereocenters. The molecule has 2 aliphatic rings. The lowest BCUT2D eigenvalue weighted by Crippen LogP contribution is -2.53. The zero-order valence-corrected chi connectivity index (χ0v) is 24.9. The van der Waals surface area contributed by atoms with E-state index in [0.29, 0.717) is 45.1 Å². The van der Waals surface area contributed by atoms with E-state index in [-0.39, 0.29) is 24.5 Å². The van der Waals surface area contributed by atoms with E-state index >= 15 is 0 Å². The van der Waals surface area contributed by atoms with Gasteiger partial charge in [0.1, 0.15) is 29.7 Å². The predicted molar refractivity (Wildman–Crippen MR) is 152 cm³/mol. The number of anilines is 1. The fourth-order valence-electron chi connectivity index (χ4n) is 5.63. The van der Waals surface area contributed by atoms with Crippen LogP contribution in [0.1, 0.15) is 38.8 Å². The molecule has 1 N–H and O–H groups in total. The van der Waals surface area contributed by atoms with Gasteiger partial charge in [0.25, 0.3) is 5.91 Å². The Kier molecular flexibility index (Phi) is 9.28. The fraction of sp³-hybridized carbons (Fsp3) is 0.429. The summed E-state index contributed by atoms with van der Waals surface area (Å²) >= 11 is 7.27. The number of morpholine rings is 1. The summed E-state index contributed by atoms with van der Waals surface area (Å²) in [6.07, 6.45) is -7.47. The number of carbonyl (C=O) groups is 2. The van der Waals surface area contributed by atoms with Crippen molar-refractivity contribution in [3.05, 3.63) is 68.2 Å². The van der Waals surface area contributed by atoms with Crippen molar-refractivity contribution in [1.82, 2.24) is 19.6 Å². The zero-order valence-electron chi connectivity index (χ0n) is 23.3. The van der Waals surface area contributed by atoms with Crippen LogP contribution in [0.2, 0.25) is 4.34 Å². The van der Waals surface area contributed by atoms with Crippen LogP contribution in [0, 0.1) is 17.1 Å². The highest BCUT2D eigenvalue weighted by molar-refractivity contribution is 7.16. The highest BCUT2D eigenvalue weighted by Gasteiger charge is 2.58. The molecule has 3 atom stereocenters. The predicted octanol–water partition coefficient (Wildman–Crippen LogP) is 3.83. The minimum atomic E-state index is -5.03. The van der Waals surface area contributed by atoms with Gasteiger partial charge in [-0.05, 0) is 24.3 Å². The van der Waals surface area contributed by atoms with Crippen LogP contribution in [0.5, 0.6) is 0 Å². The molecule has 1 aromatic carbocycles. The summed E-state index contributed by atoms with van der Waals surface area (Å²) in [5.41, 5.74) is -1.22. The third kappa shape index (κ3) is 6.31. The molecule has 0 spiro atoms. The number of nitrogens with zero attached hydrogens (tertiary/aromatic N) is 6. The van der Waals surface area contributed by atoms with E-state index in [4.69, 9.17) is 16.3 Å². The van der Waals surface area contributed by atoms with E-state index in [0.717, 1.165) is 6.07 Å². The number of aliphatic hydroxyl groups excluding tert-OH is 1. The molecule has 44 heavy (non-hydrogen) atoms. The smallest absolute Gasteiger partial charge is 0.379 e. The Balaban J connectivity index is 1.59. The summed E-state index contributed by atoms with van der Waals surface area (Å²) in [4.78, 5) is 31.0. The van der Waals surface area contributed by atoms with E-state index in [1.807, 2.05) is 6.07 Å². The van der Waals surface area contributed by atoms with Crippen LogP contribution in [0.4, 0.5) is 23.4 Å². The maximum atomic E-state index is 14.7. The highest BCUT2D eigenvalue weighted by Crippen LogP contribution is 2.46. The Morgan fingerprint density at radius 1 is 1.23 bits per heavy atom. The number of hydrogen-bond donors (Lipinski definition) is 1. The van der Waals surface area contributed by atoms with Gasteiger partial charge >= 0.3 is 6.18 Å². The summed E-state index contributed by atoms with van der Waals surface area (Å²) in [6, 6.07) is 7.71. The van der Waals surface area contributed by atoms with E-state index in [2.05, 4.69) is 5.10 Å². The Labute approximate surface area is 258 Å². The second-order valence-corrected chi connectivity index (χ2v) is 12.3. The minimum Gasteiger partial charge on any atom is -0.379 e. The molecule has 0 aliphatic carbocycles. The number of halogens is 5. The van der Waals surface area contributed by atoms with Crippen molar-refractivity contribution < 1.29 is 37.0 Å². The van der Waals surface area contributed by atoms with Gasteiger partial charge in [-0.15, -0.1) is 11.3 Å². The van der Waals surface area contributed by atoms with Crippen molar-refractivity contribution >= 4 is 40.6 Å². The van der Waals surface area contributed by atoms with Crippen molar-refractivity contribution in [1.29, 1.82) is 5.26 Å². The van der Waals surface area contributed by atoms with Crippen LogP contribution in [-0.4, -0.2) is 94.8 Å². The summed E-state index contributed by atoms with van der Waals surface area (Å²) < 4.78 is 65.3. The number of aromatic nitrogens is 2. The lowest BCUT2D eigenvalue weighted by molar-refractivity contribution is -0.197. The summed E-state index contributed by atoms with van der Waals surface area (Å²) in [5.74, 6) is -4.73. The van der Waals surface area contributed by atoms with Crippen molar-refractivity contribution in [2.45, 2.75) is 37.3 Å². The lowest BCUT2D eigenvalue weighted by atomic mass is 9.93. The van der Waals surface area contributed by atoms with Gasteiger partial charge in [0.05, 0.1) is 41.9 Å². The molecule has 1 amide bonds. The van der Waals surface area contributed by atoms with E-state index in [1.165, 1.54) is 41.5 Å². The summed E-state index contributed by atoms with van der Waals surface area (Å²) in [6.45, 7) is 1.01. The molecule has 16 heteroatoms. The monoisotopic (exact) mass is 654 g/mol. The maximum absolute atomic E-state index is 14.7. The molecule has 5 rings (SSSR count). The number of benzene rings is 1. The molecule has 2 saturated heterocycles. The van der Waals surface area contributed by atoms with Crippen molar-refractivity contribution in [2.75, 3.05) is 44.8 Å². The van der Waals surface area contributed by atoms with Gasteiger partial charge in [0, 0.05) is 37.4 Å². The average molecular weight is 655 g/mol. The first-order chi connectivity index (χ1) is 20.9. The van der Waals surface area contributed by atoms with Crippen molar-refractivity contribution in [3.63, 3.8) is 0 Å². The van der Waals surface area contributed by atoms with Gasteiger partial charge in [0.2, 0.25) is 5.91 Å². The quantitative estimate of drug-likeness (QED) is 0.383. The molecule has 2 aromatic heterocycles. The number of amides is 1. The molecule has 4 heterocycles. The van der Waals surface area contributed by atoms with Gasteiger partial charge in [-0.1, -0.05) is 23.7 Å².